The van der Waals surface area contributed by atoms with Gasteiger partial charge in [0.2, 0.25) is 0 Å². The lowest BCUT2D eigenvalue weighted by Gasteiger charge is -2.27. The highest BCUT2D eigenvalue weighted by molar-refractivity contribution is 5.48. The SMILES string of the molecule is CC(CCCCCCC=O)C(C)(C)C. The fourth-order valence-electron chi connectivity index (χ4n) is 1.46. The van der Waals surface area contributed by atoms with E-state index >= 15 is 0 Å². The minimum atomic E-state index is 0.447. The smallest absolute Gasteiger partial charge is 0.119 e. The number of rotatable bonds is 7. The number of unbranched alkanes of at least 4 members (excludes halogenated alkanes) is 4. The van der Waals surface area contributed by atoms with E-state index in [1.54, 1.807) is 0 Å². The predicted octanol–water partition coefficient (Wildman–Crippen LogP) is 4.21. The van der Waals surface area contributed by atoms with E-state index in [2.05, 4.69) is 27.7 Å². The molecule has 84 valence electrons. The molecule has 0 spiro atoms. The molecule has 0 fully saturated rings. The summed E-state index contributed by atoms with van der Waals surface area (Å²) in [5, 5.41) is 0. The minimum absolute atomic E-state index is 0.447. The molecule has 0 aliphatic carbocycles. The van der Waals surface area contributed by atoms with Crippen LogP contribution in [-0.4, -0.2) is 6.29 Å². The molecule has 0 aliphatic heterocycles. The molecule has 1 nitrogen and oxygen atoms in total. The van der Waals surface area contributed by atoms with E-state index in [1.807, 2.05) is 0 Å². The van der Waals surface area contributed by atoms with Crippen LogP contribution in [0.1, 0.15) is 66.2 Å². The summed E-state index contributed by atoms with van der Waals surface area (Å²) in [6.07, 6.45) is 7.99. The zero-order valence-corrected chi connectivity index (χ0v) is 10.3. The molecule has 0 rings (SSSR count). The zero-order valence-electron chi connectivity index (χ0n) is 10.3. The average molecular weight is 198 g/mol. The van der Waals surface area contributed by atoms with Crippen LogP contribution in [0.2, 0.25) is 0 Å². The van der Waals surface area contributed by atoms with Gasteiger partial charge in [-0.05, 0) is 17.8 Å². The second-order valence-corrected chi connectivity index (χ2v) is 5.43. The van der Waals surface area contributed by atoms with Gasteiger partial charge in [-0.1, -0.05) is 53.4 Å². The molecule has 1 unspecified atom stereocenters. The summed E-state index contributed by atoms with van der Waals surface area (Å²) in [5.41, 5.74) is 0.447. The van der Waals surface area contributed by atoms with Crippen molar-refractivity contribution in [1.82, 2.24) is 0 Å². The molecule has 0 bridgehead atoms. The Morgan fingerprint density at radius 1 is 1.07 bits per heavy atom. The summed E-state index contributed by atoms with van der Waals surface area (Å²) < 4.78 is 0. The summed E-state index contributed by atoms with van der Waals surface area (Å²) in [6, 6.07) is 0. The molecule has 0 amide bonds. The van der Waals surface area contributed by atoms with Crippen molar-refractivity contribution in [2.75, 3.05) is 0 Å². The Bertz CT molecular complexity index is 144. The number of carbonyl (C=O) groups is 1. The van der Waals surface area contributed by atoms with Gasteiger partial charge < -0.3 is 4.79 Å². The van der Waals surface area contributed by atoms with Crippen LogP contribution in [0.15, 0.2) is 0 Å². The third kappa shape index (κ3) is 7.11. The highest BCUT2D eigenvalue weighted by Crippen LogP contribution is 2.29. The van der Waals surface area contributed by atoms with Gasteiger partial charge in [-0.3, -0.25) is 0 Å². The van der Waals surface area contributed by atoms with Gasteiger partial charge in [-0.15, -0.1) is 0 Å². The Balaban J connectivity index is 3.32. The van der Waals surface area contributed by atoms with Crippen molar-refractivity contribution in [3.63, 3.8) is 0 Å². The van der Waals surface area contributed by atoms with E-state index in [1.165, 1.54) is 25.7 Å². The van der Waals surface area contributed by atoms with Crippen molar-refractivity contribution in [3.8, 4) is 0 Å². The lowest BCUT2D eigenvalue weighted by molar-refractivity contribution is -0.107. The molecule has 0 heterocycles. The maximum absolute atomic E-state index is 10.1. The second-order valence-electron chi connectivity index (χ2n) is 5.43. The predicted molar refractivity (Wildman–Crippen MR) is 62.4 cm³/mol. The number of aldehydes is 1. The largest absolute Gasteiger partial charge is 0.303 e. The van der Waals surface area contributed by atoms with E-state index < -0.39 is 0 Å². The van der Waals surface area contributed by atoms with Gasteiger partial charge in [0.25, 0.3) is 0 Å². The summed E-state index contributed by atoms with van der Waals surface area (Å²) in [7, 11) is 0. The van der Waals surface area contributed by atoms with Gasteiger partial charge in [-0.2, -0.15) is 0 Å². The van der Waals surface area contributed by atoms with E-state index in [4.69, 9.17) is 0 Å². The van der Waals surface area contributed by atoms with Crippen molar-refractivity contribution in [3.05, 3.63) is 0 Å². The molecule has 0 aromatic rings. The highest BCUT2D eigenvalue weighted by Gasteiger charge is 2.18. The van der Waals surface area contributed by atoms with Crippen LogP contribution in [0.5, 0.6) is 0 Å². The topological polar surface area (TPSA) is 17.1 Å². The maximum Gasteiger partial charge on any atom is 0.119 e. The van der Waals surface area contributed by atoms with Crippen molar-refractivity contribution in [2.45, 2.75) is 66.2 Å². The van der Waals surface area contributed by atoms with Crippen LogP contribution in [-0.2, 0) is 4.79 Å². The molecule has 0 N–H and O–H groups in total. The Hall–Kier alpha value is -0.330. The standard InChI is InChI=1S/C13H26O/c1-12(13(2,3)4)10-8-6-5-7-9-11-14/h11-12H,5-10H2,1-4H3. The van der Waals surface area contributed by atoms with Crippen LogP contribution >= 0.6 is 0 Å². The quantitative estimate of drug-likeness (QED) is 0.442. The van der Waals surface area contributed by atoms with Crippen LogP contribution in [0, 0.1) is 11.3 Å². The first kappa shape index (κ1) is 13.7. The molecule has 0 aromatic carbocycles. The fraction of sp³-hybridized carbons (Fsp3) is 0.923. The van der Waals surface area contributed by atoms with Gasteiger partial charge in [-0.25, -0.2) is 0 Å². The Morgan fingerprint density at radius 2 is 1.64 bits per heavy atom. The van der Waals surface area contributed by atoms with Crippen molar-refractivity contribution in [1.29, 1.82) is 0 Å². The zero-order chi connectivity index (χ0) is 11.0. The van der Waals surface area contributed by atoms with Crippen LogP contribution in [0.4, 0.5) is 0 Å². The van der Waals surface area contributed by atoms with Crippen LogP contribution < -0.4 is 0 Å². The molecule has 14 heavy (non-hydrogen) atoms. The third-order valence-corrected chi connectivity index (χ3v) is 3.19. The van der Waals surface area contributed by atoms with E-state index in [0.717, 1.165) is 25.0 Å². The van der Waals surface area contributed by atoms with Crippen LogP contribution in [0.25, 0.3) is 0 Å². The monoisotopic (exact) mass is 198 g/mol. The first-order valence-corrected chi connectivity index (χ1v) is 5.92. The maximum atomic E-state index is 10.1. The van der Waals surface area contributed by atoms with Crippen molar-refractivity contribution < 1.29 is 4.79 Å². The van der Waals surface area contributed by atoms with Gasteiger partial charge in [0.15, 0.2) is 0 Å². The normalized spacial score (nSPS) is 14.0. The van der Waals surface area contributed by atoms with E-state index in [9.17, 15) is 4.79 Å². The Kier molecular flexibility index (Phi) is 6.86. The first-order valence-electron chi connectivity index (χ1n) is 5.92. The molecule has 0 saturated carbocycles. The molecule has 0 aliphatic rings. The molecule has 0 aromatic heterocycles. The van der Waals surface area contributed by atoms with Crippen LogP contribution in [0.3, 0.4) is 0 Å². The second kappa shape index (κ2) is 7.03. The van der Waals surface area contributed by atoms with Gasteiger partial charge >= 0.3 is 0 Å². The first-order chi connectivity index (χ1) is 6.48. The molecule has 1 atom stereocenters. The van der Waals surface area contributed by atoms with Crippen molar-refractivity contribution in [2.24, 2.45) is 11.3 Å². The summed E-state index contributed by atoms with van der Waals surface area (Å²) in [4.78, 5) is 10.1. The summed E-state index contributed by atoms with van der Waals surface area (Å²) >= 11 is 0. The van der Waals surface area contributed by atoms with E-state index in [0.29, 0.717) is 5.41 Å². The Morgan fingerprint density at radius 3 is 2.14 bits per heavy atom. The molecular weight excluding hydrogens is 172 g/mol. The van der Waals surface area contributed by atoms with Gasteiger partial charge in [0, 0.05) is 6.42 Å². The summed E-state index contributed by atoms with van der Waals surface area (Å²) in [5.74, 6) is 0.800. The Labute approximate surface area is 89.3 Å². The lowest BCUT2D eigenvalue weighted by atomic mass is 9.79. The van der Waals surface area contributed by atoms with E-state index in [-0.39, 0.29) is 0 Å². The summed E-state index contributed by atoms with van der Waals surface area (Å²) in [6.45, 7) is 9.27. The molecule has 0 saturated heterocycles. The average Bonchev–Trinajstić information content (AvgIpc) is 2.09. The molecule has 1 heteroatoms. The minimum Gasteiger partial charge on any atom is -0.303 e. The lowest BCUT2D eigenvalue weighted by Crippen LogP contribution is -2.16. The number of hydrogen-bond donors (Lipinski definition) is 0. The molecule has 0 radical (unpaired) electrons. The van der Waals surface area contributed by atoms with Gasteiger partial charge in [0.05, 0.1) is 0 Å². The number of hydrogen-bond acceptors (Lipinski definition) is 1. The third-order valence-electron chi connectivity index (χ3n) is 3.19. The molecular formula is C13H26O. The fourth-order valence-corrected chi connectivity index (χ4v) is 1.46. The van der Waals surface area contributed by atoms with Gasteiger partial charge in [0.1, 0.15) is 6.29 Å². The number of carbonyl (C=O) groups excluding carboxylic acids is 1. The highest BCUT2D eigenvalue weighted by atomic mass is 16.1. The van der Waals surface area contributed by atoms with Crippen molar-refractivity contribution >= 4 is 6.29 Å².